The van der Waals surface area contributed by atoms with E-state index in [4.69, 9.17) is 16.7 Å². The smallest absolute Gasteiger partial charge is 0.328 e. The first-order valence-corrected chi connectivity index (χ1v) is 5.86. The fourth-order valence-electron chi connectivity index (χ4n) is 0.790. The van der Waals surface area contributed by atoms with E-state index in [2.05, 4.69) is 0 Å². The monoisotopic (exact) mass is 224 g/mol. The molecule has 0 amide bonds. The molecular weight excluding hydrogens is 216 g/mol. The lowest BCUT2D eigenvalue weighted by molar-refractivity contribution is -0.131. The van der Waals surface area contributed by atoms with Gasteiger partial charge in [0.25, 0.3) is 0 Å². The molecule has 0 aromatic heterocycles. The summed E-state index contributed by atoms with van der Waals surface area (Å²) in [5, 5.41) is 8.39. The molecule has 0 spiro atoms. The number of alkyl halides is 1. The quantitative estimate of drug-likeness (QED) is 0.577. The molecule has 0 saturated carbocycles. The first-order valence-electron chi connectivity index (χ1n) is 3.51. The summed E-state index contributed by atoms with van der Waals surface area (Å²) < 4.78 is -0.545. The fraction of sp³-hybridized carbons (Fsp3) is 0.571. The van der Waals surface area contributed by atoms with Crippen molar-refractivity contribution in [3.05, 3.63) is 12.2 Å². The van der Waals surface area contributed by atoms with Crippen LogP contribution in [0.3, 0.4) is 0 Å². The van der Waals surface area contributed by atoms with Crippen molar-refractivity contribution in [2.75, 3.05) is 11.5 Å². The Morgan fingerprint density at radius 1 is 1.50 bits per heavy atom. The number of halogens is 1. The van der Waals surface area contributed by atoms with Crippen molar-refractivity contribution >= 4 is 41.1 Å². The molecule has 0 aromatic rings. The van der Waals surface area contributed by atoms with Crippen LogP contribution in [-0.4, -0.2) is 26.1 Å². The van der Waals surface area contributed by atoms with Crippen molar-refractivity contribution < 1.29 is 9.90 Å². The number of carboxylic acids is 1. The van der Waals surface area contributed by atoms with Gasteiger partial charge in [-0.1, -0.05) is 11.6 Å². The molecule has 68 valence electrons. The second kappa shape index (κ2) is 4.44. The number of hydrogen-bond donors (Lipinski definition) is 1. The Morgan fingerprint density at radius 3 is 2.58 bits per heavy atom. The maximum atomic E-state index is 10.2. The summed E-state index contributed by atoms with van der Waals surface area (Å²) in [7, 11) is 0. The predicted octanol–water partition coefficient (Wildman–Crippen LogP) is 2.39. The van der Waals surface area contributed by atoms with Gasteiger partial charge in [-0.25, -0.2) is 4.79 Å². The highest BCUT2D eigenvalue weighted by Gasteiger charge is 2.28. The van der Waals surface area contributed by atoms with Crippen LogP contribution in [0.1, 0.15) is 6.42 Å². The molecule has 5 heteroatoms. The minimum absolute atomic E-state index is 0.545. The molecule has 1 aliphatic rings. The van der Waals surface area contributed by atoms with Crippen LogP contribution in [0.25, 0.3) is 0 Å². The van der Waals surface area contributed by atoms with Gasteiger partial charge < -0.3 is 5.11 Å². The first-order chi connectivity index (χ1) is 5.62. The molecule has 1 N–H and O–H groups in total. The van der Waals surface area contributed by atoms with Crippen LogP contribution < -0.4 is 0 Å². The molecule has 0 atom stereocenters. The third-order valence-corrected chi connectivity index (χ3v) is 4.84. The maximum Gasteiger partial charge on any atom is 0.328 e. The Kier molecular flexibility index (Phi) is 3.80. The zero-order valence-electron chi connectivity index (χ0n) is 6.33. The summed E-state index contributed by atoms with van der Waals surface area (Å²) in [4.78, 5) is 10.2. The lowest BCUT2D eigenvalue weighted by Gasteiger charge is -2.26. The van der Waals surface area contributed by atoms with E-state index in [1.165, 1.54) is 0 Å². The second-order valence-corrected chi connectivity index (χ2v) is 6.29. The van der Waals surface area contributed by atoms with E-state index in [1.54, 1.807) is 29.6 Å². The highest BCUT2D eigenvalue weighted by molar-refractivity contribution is 8.20. The topological polar surface area (TPSA) is 37.3 Å². The van der Waals surface area contributed by atoms with Crippen molar-refractivity contribution in [1.29, 1.82) is 0 Å². The van der Waals surface area contributed by atoms with Gasteiger partial charge in [0.15, 0.2) is 3.54 Å². The first kappa shape index (κ1) is 10.3. The number of hydrogen-bond acceptors (Lipinski definition) is 3. The van der Waals surface area contributed by atoms with Gasteiger partial charge in [-0.3, -0.25) is 0 Å². The highest BCUT2D eigenvalue weighted by atomic mass is 35.5. The lowest BCUT2D eigenvalue weighted by Crippen LogP contribution is -2.15. The molecule has 1 heterocycles. The van der Waals surface area contributed by atoms with Gasteiger partial charge in [0.2, 0.25) is 0 Å². The molecule has 1 aliphatic heterocycles. The molecular formula is C7H9ClO2S2. The standard InChI is InChI=1S/C7H9ClO2S2/c8-7(3-2-6(9)10)11-4-1-5-12-7/h2-3H,1,4-5H2,(H,9,10)/b3-2-. The molecule has 0 aliphatic carbocycles. The van der Waals surface area contributed by atoms with Gasteiger partial charge >= 0.3 is 5.97 Å². The van der Waals surface area contributed by atoms with E-state index >= 15 is 0 Å². The molecule has 0 unspecified atom stereocenters. The van der Waals surface area contributed by atoms with Gasteiger partial charge in [0.1, 0.15) is 0 Å². The Labute approximate surface area is 84.7 Å². The Bertz CT molecular complexity index is 200. The van der Waals surface area contributed by atoms with Crippen molar-refractivity contribution in [2.24, 2.45) is 0 Å². The Balaban J connectivity index is 2.52. The average molecular weight is 225 g/mol. The maximum absolute atomic E-state index is 10.2. The van der Waals surface area contributed by atoms with Crippen LogP contribution in [0.15, 0.2) is 12.2 Å². The van der Waals surface area contributed by atoms with E-state index < -0.39 is 9.51 Å². The van der Waals surface area contributed by atoms with Crippen molar-refractivity contribution in [3.63, 3.8) is 0 Å². The largest absolute Gasteiger partial charge is 0.478 e. The normalized spacial score (nSPS) is 22.8. The van der Waals surface area contributed by atoms with Crippen molar-refractivity contribution in [3.8, 4) is 0 Å². The number of thioether (sulfide) groups is 2. The molecule has 1 fully saturated rings. The van der Waals surface area contributed by atoms with Gasteiger partial charge in [-0.15, -0.1) is 23.5 Å². The predicted molar refractivity (Wildman–Crippen MR) is 54.9 cm³/mol. The third kappa shape index (κ3) is 3.29. The van der Waals surface area contributed by atoms with E-state index in [1.807, 2.05) is 0 Å². The Morgan fingerprint density at radius 2 is 2.08 bits per heavy atom. The summed E-state index contributed by atoms with van der Waals surface area (Å²) in [6.07, 6.45) is 3.80. The van der Waals surface area contributed by atoms with Crippen LogP contribution >= 0.6 is 35.1 Å². The fourth-order valence-corrected chi connectivity index (χ4v) is 3.79. The zero-order valence-corrected chi connectivity index (χ0v) is 8.71. The SMILES string of the molecule is O=C(O)/C=C\C1(Cl)SCCCS1. The second-order valence-electron chi connectivity index (χ2n) is 2.30. The van der Waals surface area contributed by atoms with Gasteiger partial charge in [-0.2, -0.15) is 0 Å². The van der Waals surface area contributed by atoms with Crippen LogP contribution in [0.2, 0.25) is 0 Å². The summed E-state index contributed by atoms with van der Waals surface area (Å²) in [5.74, 6) is 1.06. The van der Waals surface area contributed by atoms with Gasteiger partial charge in [0.05, 0.1) is 0 Å². The molecule has 0 aromatic carbocycles. The van der Waals surface area contributed by atoms with Gasteiger partial charge in [0, 0.05) is 6.08 Å². The van der Waals surface area contributed by atoms with Crippen LogP contribution in [0.4, 0.5) is 0 Å². The summed E-state index contributed by atoms with van der Waals surface area (Å²) in [5.41, 5.74) is 0. The number of aliphatic carboxylic acids is 1. The summed E-state index contributed by atoms with van der Waals surface area (Å²) in [6.45, 7) is 0. The van der Waals surface area contributed by atoms with Crippen molar-refractivity contribution in [2.45, 2.75) is 9.96 Å². The molecule has 2 nitrogen and oxygen atoms in total. The van der Waals surface area contributed by atoms with Gasteiger partial charge in [-0.05, 0) is 24.0 Å². The van der Waals surface area contributed by atoms with Crippen molar-refractivity contribution in [1.82, 2.24) is 0 Å². The minimum Gasteiger partial charge on any atom is -0.478 e. The van der Waals surface area contributed by atoms with E-state index in [0.717, 1.165) is 24.0 Å². The zero-order chi connectivity index (χ0) is 9.03. The lowest BCUT2D eigenvalue weighted by atomic mass is 10.5. The molecule has 12 heavy (non-hydrogen) atoms. The molecule has 1 saturated heterocycles. The number of rotatable bonds is 2. The van der Waals surface area contributed by atoms with E-state index in [0.29, 0.717) is 0 Å². The van der Waals surface area contributed by atoms with Crippen LogP contribution in [-0.2, 0) is 4.79 Å². The summed E-state index contributed by atoms with van der Waals surface area (Å²) >= 11 is 9.27. The van der Waals surface area contributed by atoms with E-state index in [-0.39, 0.29) is 0 Å². The summed E-state index contributed by atoms with van der Waals surface area (Å²) in [6, 6.07) is 0. The third-order valence-electron chi connectivity index (χ3n) is 1.31. The van der Waals surface area contributed by atoms with E-state index in [9.17, 15) is 4.79 Å². The molecule has 0 radical (unpaired) electrons. The van der Waals surface area contributed by atoms with Crippen LogP contribution in [0.5, 0.6) is 0 Å². The highest BCUT2D eigenvalue weighted by Crippen LogP contribution is 2.46. The Hall–Kier alpha value is 0.200. The minimum atomic E-state index is -0.943. The van der Waals surface area contributed by atoms with Crippen LogP contribution in [0, 0.1) is 0 Å². The molecule has 1 rings (SSSR count). The number of carbonyl (C=O) groups is 1. The average Bonchev–Trinajstić information content (AvgIpc) is 2.03. The number of carboxylic acid groups (broad SMARTS) is 1. The molecule has 0 bridgehead atoms.